The maximum absolute atomic E-state index is 10.8. The van der Waals surface area contributed by atoms with Crippen molar-refractivity contribution in [3.8, 4) is 0 Å². The molecule has 0 radical (unpaired) electrons. The van der Waals surface area contributed by atoms with Gasteiger partial charge in [0.25, 0.3) is 5.69 Å². The van der Waals surface area contributed by atoms with E-state index in [0.29, 0.717) is 10.7 Å². The average Bonchev–Trinajstić information content (AvgIpc) is 2.17. The Morgan fingerprint density at radius 2 is 2.25 bits per heavy atom. The predicted molar refractivity (Wildman–Crippen MR) is 66.1 cm³/mol. The van der Waals surface area contributed by atoms with Gasteiger partial charge >= 0.3 is 0 Å². The van der Waals surface area contributed by atoms with Gasteiger partial charge in [0.2, 0.25) is 0 Å². The van der Waals surface area contributed by atoms with Crippen molar-refractivity contribution in [1.29, 1.82) is 0 Å². The van der Waals surface area contributed by atoms with Gasteiger partial charge in [-0.15, -0.1) is 0 Å². The number of halogens is 1. The summed E-state index contributed by atoms with van der Waals surface area (Å²) in [7, 11) is 0. The summed E-state index contributed by atoms with van der Waals surface area (Å²) in [5.74, 6) is 0. The molecular weight excluding hydrogens is 228 g/mol. The zero-order valence-electron chi connectivity index (χ0n) is 9.37. The van der Waals surface area contributed by atoms with E-state index in [0.717, 1.165) is 12.8 Å². The molecule has 0 spiro atoms. The van der Waals surface area contributed by atoms with E-state index in [1.165, 1.54) is 12.1 Å². The van der Waals surface area contributed by atoms with Gasteiger partial charge in [-0.1, -0.05) is 24.9 Å². The molecule has 1 N–H and O–H groups in total. The molecule has 0 fully saturated rings. The second-order valence-electron chi connectivity index (χ2n) is 3.75. The molecule has 0 saturated carbocycles. The van der Waals surface area contributed by atoms with E-state index in [9.17, 15) is 10.1 Å². The molecule has 16 heavy (non-hydrogen) atoms. The molecule has 0 aromatic heterocycles. The minimum atomic E-state index is -0.405. The largest absolute Gasteiger partial charge is 0.377 e. The van der Waals surface area contributed by atoms with Crippen LogP contribution in [0.1, 0.15) is 26.7 Å². The Morgan fingerprint density at radius 1 is 1.56 bits per heavy atom. The molecule has 0 amide bonds. The average molecular weight is 243 g/mol. The van der Waals surface area contributed by atoms with Crippen LogP contribution in [0.25, 0.3) is 0 Å². The summed E-state index contributed by atoms with van der Waals surface area (Å²) < 4.78 is 0. The SMILES string of the molecule is CCCC(C)Nc1cc(Cl)ccc1[N+](=O)[O-]. The van der Waals surface area contributed by atoms with Gasteiger partial charge in [0.15, 0.2) is 0 Å². The number of hydrogen-bond donors (Lipinski definition) is 1. The fraction of sp³-hybridized carbons (Fsp3) is 0.455. The lowest BCUT2D eigenvalue weighted by molar-refractivity contribution is -0.384. The summed E-state index contributed by atoms with van der Waals surface area (Å²) in [6, 6.07) is 4.73. The molecule has 1 atom stereocenters. The highest BCUT2D eigenvalue weighted by molar-refractivity contribution is 6.31. The van der Waals surface area contributed by atoms with Gasteiger partial charge in [0.1, 0.15) is 5.69 Å². The van der Waals surface area contributed by atoms with Crippen LogP contribution in [0.2, 0.25) is 5.02 Å². The second-order valence-corrected chi connectivity index (χ2v) is 4.19. The van der Waals surface area contributed by atoms with E-state index in [1.807, 2.05) is 6.92 Å². The van der Waals surface area contributed by atoms with Crippen molar-refractivity contribution in [3.63, 3.8) is 0 Å². The normalized spacial score (nSPS) is 12.2. The molecule has 5 heteroatoms. The molecule has 0 saturated heterocycles. The lowest BCUT2D eigenvalue weighted by Gasteiger charge is -2.14. The minimum Gasteiger partial charge on any atom is -0.377 e. The highest BCUT2D eigenvalue weighted by Gasteiger charge is 2.15. The van der Waals surface area contributed by atoms with Crippen LogP contribution in [-0.4, -0.2) is 11.0 Å². The van der Waals surface area contributed by atoms with E-state index < -0.39 is 4.92 Å². The van der Waals surface area contributed by atoms with Crippen LogP contribution in [0.5, 0.6) is 0 Å². The van der Waals surface area contributed by atoms with Crippen LogP contribution >= 0.6 is 11.6 Å². The number of nitro benzene ring substituents is 1. The van der Waals surface area contributed by atoms with Crippen LogP contribution in [0, 0.1) is 10.1 Å². The molecule has 0 heterocycles. The Balaban J connectivity index is 2.92. The van der Waals surface area contributed by atoms with Crippen molar-refractivity contribution in [2.75, 3.05) is 5.32 Å². The quantitative estimate of drug-likeness (QED) is 0.630. The summed E-state index contributed by atoms with van der Waals surface area (Å²) in [4.78, 5) is 10.4. The van der Waals surface area contributed by atoms with Crippen LogP contribution in [0.15, 0.2) is 18.2 Å². The molecule has 1 unspecified atom stereocenters. The molecule has 1 aromatic carbocycles. The summed E-state index contributed by atoms with van der Waals surface area (Å²) >= 11 is 5.82. The zero-order chi connectivity index (χ0) is 12.1. The summed E-state index contributed by atoms with van der Waals surface area (Å²) in [5.41, 5.74) is 0.547. The van der Waals surface area contributed by atoms with Crippen molar-refractivity contribution in [1.82, 2.24) is 0 Å². The topological polar surface area (TPSA) is 55.2 Å². The van der Waals surface area contributed by atoms with E-state index in [4.69, 9.17) is 11.6 Å². The monoisotopic (exact) mass is 242 g/mol. The van der Waals surface area contributed by atoms with E-state index in [-0.39, 0.29) is 11.7 Å². The molecular formula is C11H15ClN2O2. The zero-order valence-corrected chi connectivity index (χ0v) is 10.1. The smallest absolute Gasteiger partial charge is 0.292 e. The van der Waals surface area contributed by atoms with Gasteiger partial charge in [0, 0.05) is 17.1 Å². The van der Waals surface area contributed by atoms with E-state index >= 15 is 0 Å². The predicted octanol–water partition coefficient (Wildman–Crippen LogP) is 3.85. The Hall–Kier alpha value is -1.29. The van der Waals surface area contributed by atoms with E-state index in [2.05, 4.69) is 12.2 Å². The molecule has 1 aromatic rings. The number of nitrogens with one attached hydrogen (secondary N) is 1. The van der Waals surface area contributed by atoms with Gasteiger partial charge in [-0.3, -0.25) is 10.1 Å². The van der Waals surface area contributed by atoms with Crippen molar-refractivity contribution in [2.45, 2.75) is 32.7 Å². The third-order valence-corrected chi connectivity index (χ3v) is 2.51. The molecule has 0 aliphatic rings. The maximum Gasteiger partial charge on any atom is 0.292 e. The van der Waals surface area contributed by atoms with Crippen molar-refractivity contribution in [3.05, 3.63) is 33.3 Å². The highest BCUT2D eigenvalue weighted by Crippen LogP contribution is 2.28. The van der Waals surface area contributed by atoms with Crippen molar-refractivity contribution >= 4 is 23.0 Å². The Labute approximate surface area is 99.8 Å². The molecule has 88 valence electrons. The number of benzene rings is 1. The molecule has 0 aliphatic heterocycles. The maximum atomic E-state index is 10.8. The van der Waals surface area contributed by atoms with E-state index in [1.54, 1.807) is 6.07 Å². The van der Waals surface area contributed by atoms with Gasteiger partial charge in [-0.25, -0.2) is 0 Å². The Morgan fingerprint density at radius 3 is 2.81 bits per heavy atom. The van der Waals surface area contributed by atoms with Gasteiger partial charge in [-0.2, -0.15) is 0 Å². The first-order valence-electron chi connectivity index (χ1n) is 5.25. The van der Waals surface area contributed by atoms with Crippen molar-refractivity contribution < 1.29 is 4.92 Å². The lowest BCUT2D eigenvalue weighted by Crippen LogP contribution is -2.15. The second kappa shape index (κ2) is 5.70. The number of anilines is 1. The molecule has 0 aliphatic carbocycles. The standard InChI is InChI=1S/C11H15ClN2O2/c1-3-4-8(2)13-10-7-9(12)5-6-11(10)14(15)16/h5-8,13H,3-4H2,1-2H3. The lowest BCUT2D eigenvalue weighted by atomic mass is 10.1. The summed E-state index contributed by atoms with van der Waals surface area (Å²) in [6.07, 6.45) is 1.99. The minimum absolute atomic E-state index is 0.0624. The number of nitro groups is 1. The van der Waals surface area contributed by atoms with Gasteiger partial charge in [-0.05, 0) is 25.5 Å². The van der Waals surface area contributed by atoms with Gasteiger partial charge in [0.05, 0.1) is 4.92 Å². The van der Waals surface area contributed by atoms with Crippen LogP contribution in [0.4, 0.5) is 11.4 Å². The van der Waals surface area contributed by atoms with Crippen LogP contribution in [0.3, 0.4) is 0 Å². The first-order chi connectivity index (χ1) is 7.54. The third-order valence-electron chi connectivity index (χ3n) is 2.28. The summed E-state index contributed by atoms with van der Waals surface area (Å²) in [6.45, 7) is 4.07. The number of rotatable bonds is 5. The van der Waals surface area contributed by atoms with Crippen molar-refractivity contribution in [2.24, 2.45) is 0 Å². The molecule has 1 rings (SSSR count). The summed E-state index contributed by atoms with van der Waals surface area (Å²) in [5, 5.41) is 14.4. The Bertz CT molecular complexity index is 382. The third kappa shape index (κ3) is 3.38. The Kier molecular flexibility index (Phi) is 4.55. The first-order valence-corrected chi connectivity index (χ1v) is 5.63. The number of hydrogen-bond acceptors (Lipinski definition) is 3. The van der Waals surface area contributed by atoms with Gasteiger partial charge < -0.3 is 5.32 Å². The molecule has 0 bridgehead atoms. The fourth-order valence-corrected chi connectivity index (χ4v) is 1.73. The van der Waals surface area contributed by atoms with Crippen LogP contribution in [-0.2, 0) is 0 Å². The molecule has 4 nitrogen and oxygen atoms in total. The highest BCUT2D eigenvalue weighted by atomic mass is 35.5. The number of nitrogens with zero attached hydrogens (tertiary/aromatic N) is 1. The van der Waals surface area contributed by atoms with Crippen LogP contribution < -0.4 is 5.32 Å². The first kappa shape index (κ1) is 12.8. The fourth-order valence-electron chi connectivity index (χ4n) is 1.55.